The predicted octanol–water partition coefficient (Wildman–Crippen LogP) is 8.26. The van der Waals surface area contributed by atoms with E-state index < -0.39 is 30.9 Å². The summed E-state index contributed by atoms with van der Waals surface area (Å²) < 4.78 is 22.1. The van der Waals surface area contributed by atoms with E-state index in [4.69, 9.17) is 9.72 Å². The number of aryl methyl sites for hydroxylation is 1. The molecule has 1 saturated carbocycles. The average Bonchev–Trinajstić information content (AvgIpc) is 4.10. The average molecular weight is 1070 g/mol. The summed E-state index contributed by atoms with van der Waals surface area (Å²) in [5, 5.41) is 14.5. The fourth-order valence-electron chi connectivity index (χ4n) is 11.7. The van der Waals surface area contributed by atoms with Gasteiger partial charge in [0.15, 0.2) is 0 Å². The van der Waals surface area contributed by atoms with Crippen LogP contribution in [0.1, 0.15) is 96.4 Å². The maximum absolute atomic E-state index is 13.5. The molecule has 1 unspecified atom stereocenters. The summed E-state index contributed by atoms with van der Waals surface area (Å²) in [5.41, 5.74) is 7.75. The molecule has 11 rings (SSSR count). The summed E-state index contributed by atoms with van der Waals surface area (Å²) in [6.07, 6.45) is 15.0. The Kier molecular flexibility index (Phi) is 13.2. The summed E-state index contributed by atoms with van der Waals surface area (Å²) >= 11 is 3.65. The van der Waals surface area contributed by atoms with Crippen molar-refractivity contribution in [2.75, 3.05) is 86.7 Å². The normalized spacial score (nSPS) is 20.7. The van der Waals surface area contributed by atoms with Crippen LogP contribution >= 0.6 is 23.1 Å². The third kappa shape index (κ3) is 10.0. The first-order valence-corrected chi connectivity index (χ1v) is 29.1. The van der Waals surface area contributed by atoms with E-state index in [0.717, 1.165) is 116 Å². The molecule has 382 valence electrons. The number of nitrogens with one attached hydrogen (secondary N) is 3. The van der Waals surface area contributed by atoms with Crippen molar-refractivity contribution >= 4 is 86.5 Å². The Bertz CT molecular complexity index is 3050. The maximum atomic E-state index is 13.5. The van der Waals surface area contributed by atoms with Gasteiger partial charge in [-0.2, -0.15) is 10.1 Å². The van der Waals surface area contributed by atoms with Crippen LogP contribution in [0.2, 0.25) is 0 Å². The minimum Gasteiger partial charge on any atom is -0.494 e. The molecule has 2 aromatic heterocycles. The highest BCUT2D eigenvalue weighted by atomic mass is 79.9. The number of ether oxygens (including phenoxy) is 1. The van der Waals surface area contributed by atoms with E-state index in [0.29, 0.717) is 50.4 Å². The van der Waals surface area contributed by atoms with Crippen molar-refractivity contribution in [1.82, 2.24) is 34.9 Å². The van der Waals surface area contributed by atoms with E-state index in [1.54, 1.807) is 25.4 Å². The number of imide groups is 2. The molecule has 7 heterocycles. The number of nitrogens with zero attached hydrogens (tertiary/aromatic N) is 8. The number of carbonyl (C=O) groups excluding carboxylic acids is 4. The molecular formula is C54H63BrN11O6P. The zero-order chi connectivity index (χ0) is 50.8. The van der Waals surface area contributed by atoms with Gasteiger partial charge in [-0.05, 0) is 159 Å². The molecule has 0 bridgehead atoms. The van der Waals surface area contributed by atoms with Crippen molar-refractivity contribution < 1.29 is 28.5 Å². The van der Waals surface area contributed by atoms with Gasteiger partial charge in [0.1, 0.15) is 24.8 Å². The number of carbonyl (C=O) groups is 4. The van der Waals surface area contributed by atoms with Gasteiger partial charge < -0.3 is 34.6 Å². The van der Waals surface area contributed by atoms with Crippen LogP contribution in [0.25, 0.3) is 11.1 Å². The number of hydrogen-bond acceptors (Lipinski definition) is 14. The van der Waals surface area contributed by atoms with Crippen LogP contribution in [0.3, 0.4) is 0 Å². The third-order valence-electron chi connectivity index (χ3n) is 16.2. The van der Waals surface area contributed by atoms with Gasteiger partial charge in [-0.3, -0.25) is 34.1 Å². The first kappa shape index (κ1) is 49.1. The molecule has 1 atom stereocenters. The topological polar surface area (TPSA) is 187 Å². The molecule has 5 aliphatic heterocycles. The number of benzene rings is 3. The number of rotatable bonds is 13. The van der Waals surface area contributed by atoms with Crippen molar-refractivity contribution in [3.63, 3.8) is 0 Å². The lowest BCUT2D eigenvalue weighted by atomic mass is 9.71. The monoisotopic (exact) mass is 1070 g/mol. The van der Waals surface area contributed by atoms with Crippen molar-refractivity contribution in [1.29, 1.82) is 0 Å². The van der Waals surface area contributed by atoms with Crippen LogP contribution in [0.4, 0.5) is 34.5 Å². The van der Waals surface area contributed by atoms with Gasteiger partial charge in [-0.25, -0.2) is 4.98 Å². The predicted molar refractivity (Wildman–Crippen MR) is 287 cm³/mol. The van der Waals surface area contributed by atoms with E-state index in [2.05, 4.69) is 80.9 Å². The lowest BCUT2D eigenvalue weighted by molar-refractivity contribution is -0.136. The zero-order valence-electron chi connectivity index (χ0n) is 42.0. The van der Waals surface area contributed by atoms with Crippen molar-refractivity contribution in [3.8, 4) is 16.9 Å². The smallest absolute Gasteiger partial charge is 0.262 e. The SMILES string of the molecule is COc1cc(N2CCC3(CCN(CC4CCN(c5ccc6c(c5)C(=O)N(C5CCC(=O)NC5=O)C6=O)CC4)CC3)CC2)c(-c2cnn(C)c2)cc1Nc1ncc(Br)c(Nc2ccc(C3CC3)cc2P(C)(C)=O)n1. The number of anilines is 6. The van der Waals surface area contributed by atoms with Crippen LogP contribution in [-0.2, 0) is 21.2 Å². The molecule has 5 fully saturated rings. The Labute approximate surface area is 434 Å². The largest absolute Gasteiger partial charge is 0.494 e. The van der Waals surface area contributed by atoms with E-state index in [9.17, 15) is 23.7 Å². The maximum Gasteiger partial charge on any atom is 0.262 e. The summed E-state index contributed by atoms with van der Waals surface area (Å²) in [6, 6.07) is 14.9. The summed E-state index contributed by atoms with van der Waals surface area (Å²) in [4.78, 5) is 69.0. The highest BCUT2D eigenvalue weighted by Gasteiger charge is 2.45. The minimum absolute atomic E-state index is 0.0957. The first-order valence-electron chi connectivity index (χ1n) is 25.7. The second-order valence-electron chi connectivity index (χ2n) is 21.4. The molecule has 4 amide bonds. The van der Waals surface area contributed by atoms with E-state index in [1.807, 2.05) is 49.6 Å². The number of fused-ring (bicyclic) bond motifs is 1. The van der Waals surface area contributed by atoms with Crippen LogP contribution in [0.15, 0.2) is 71.6 Å². The van der Waals surface area contributed by atoms with Crippen molar-refractivity contribution in [2.45, 2.75) is 76.2 Å². The van der Waals surface area contributed by atoms with Gasteiger partial charge in [0.05, 0.1) is 40.3 Å². The summed E-state index contributed by atoms with van der Waals surface area (Å²) in [7, 11) is 1.02. The first-order chi connectivity index (χ1) is 35.1. The molecule has 19 heteroatoms. The van der Waals surface area contributed by atoms with Gasteiger partial charge in [0.25, 0.3) is 11.8 Å². The molecule has 3 N–H and O–H groups in total. The molecule has 0 radical (unpaired) electrons. The van der Waals surface area contributed by atoms with Crippen LogP contribution < -0.4 is 35.8 Å². The molecule has 1 aliphatic carbocycles. The fourth-order valence-corrected chi connectivity index (χ4v) is 13.2. The van der Waals surface area contributed by atoms with E-state index in [1.165, 1.54) is 31.2 Å². The number of aromatic nitrogens is 4. The summed E-state index contributed by atoms with van der Waals surface area (Å²) in [5.74, 6) is 0.819. The zero-order valence-corrected chi connectivity index (χ0v) is 44.4. The van der Waals surface area contributed by atoms with Crippen LogP contribution in [-0.4, -0.2) is 125 Å². The second kappa shape index (κ2) is 19.6. The second-order valence-corrected chi connectivity index (χ2v) is 25.4. The minimum atomic E-state index is -2.60. The van der Waals surface area contributed by atoms with E-state index >= 15 is 0 Å². The Morgan fingerprint density at radius 1 is 0.808 bits per heavy atom. The molecule has 6 aliphatic rings. The lowest BCUT2D eigenvalue weighted by Gasteiger charge is -2.48. The molecule has 73 heavy (non-hydrogen) atoms. The number of methoxy groups -OCH3 is 1. The molecular weight excluding hydrogens is 1010 g/mol. The van der Waals surface area contributed by atoms with Crippen molar-refractivity contribution in [3.05, 3.63) is 88.3 Å². The Morgan fingerprint density at radius 3 is 2.23 bits per heavy atom. The molecule has 4 saturated heterocycles. The van der Waals surface area contributed by atoms with Gasteiger partial charge in [-0.15, -0.1) is 0 Å². The van der Waals surface area contributed by atoms with Gasteiger partial charge in [-0.1, -0.05) is 6.07 Å². The van der Waals surface area contributed by atoms with Crippen molar-refractivity contribution in [2.24, 2.45) is 18.4 Å². The number of amides is 4. The number of halogens is 1. The Hall–Kier alpha value is -6.10. The Balaban J connectivity index is 0.711. The Morgan fingerprint density at radius 2 is 1.55 bits per heavy atom. The van der Waals surface area contributed by atoms with Crippen LogP contribution in [0.5, 0.6) is 5.75 Å². The van der Waals surface area contributed by atoms with E-state index in [-0.39, 0.29) is 18.7 Å². The third-order valence-corrected chi connectivity index (χ3v) is 18.3. The highest BCUT2D eigenvalue weighted by molar-refractivity contribution is 9.10. The number of likely N-dealkylation sites (tertiary alicyclic amines) is 1. The molecule has 5 aromatic rings. The molecule has 1 spiro atoms. The standard InChI is InChI=1S/C54H63BrN11O6P/c1-62-32-36(29-57-62)39-27-43(59-53-56-30-41(55)49(61-53)58-42-10-7-35(34-5-6-34)25-47(42)73(3,4)71)46(72-2)28-45(39)65-23-17-54(18-24-65)15-21-63(22-16-54)31-33-13-19-64(20-14-33)37-8-9-38-40(26-37)52(70)66(51(38)69)44-11-12-48(67)60-50(44)68/h7-10,25-30,32-34,44H,5-6,11-24,31H2,1-4H3,(H,60,67,68)(H2,56,58,59,61). The summed E-state index contributed by atoms with van der Waals surface area (Å²) in [6.45, 7) is 10.5. The number of hydrogen-bond donors (Lipinski definition) is 3. The highest BCUT2D eigenvalue weighted by Crippen LogP contribution is 2.48. The molecule has 3 aromatic carbocycles. The van der Waals surface area contributed by atoms with Gasteiger partial charge >= 0.3 is 0 Å². The number of piperidine rings is 4. The quantitative estimate of drug-likeness (QED) is 0.0756. The van der Waals surface area contributed by atoms with Crippen LogP contribution in [0, 0.1) is 11.3 Å². The van der Waals surface area contributed by atoms with Gasteiger partial charge in [0, 0.05) is 92.5 Å². The lowest BCUT2D eigenvalue weighted by Crippen LogP contribution is -2.54. The van der Waals surface area contributed by atoms with Gasteiger partial charge in [0.2, 0.25) is 17.8 Å². The molecule has 17 nitrogen and oxygen atoms in total. The fraction of sp³-hybridized carbons (Fsp3) is 0.463.